The van der Waals surface area contributed by atoms with Crippen molar-refractivity contribution in [2.45, 2.75) is 32.6 Å². The molecule has 3 aromatic rings. The molecule has 0 saturated heterocycles. The fourth-order valence-electron chi connectivity index (χ4n) is 3.98. The van der Waals surface area contributed by atoms with Crippen molar-refractivity contribution in [3.8, 4) is 0 Å². The SMILES string of the molecule is CC/C=C\C/C=C\C/C=C\CC[P+](c1ccccc1)(c1ccccc1)c1ccccc1.[I-]. The second-order valence-corrected chi connectivity index (χ2v) is 11.2. The number of benzene rings is 3. The zero-order valence-corrected chi connectivity index (χ0v) is 22.0. The molecule has 0 amide bonds. The fraction of sp³-hybridized carbons (Fsp3) is 0.200. The zero-order chi connectivity index (χ0) is 21.6. The minimum Gasteiger partial charge on any atom is -1.00 e. The summed E-state index contributed by atoms with van der Waals surface area (Å²) in [5.41, 5.74) is 0. The highest BCUT2D eigenvalue weighted by molar-refractivity contribution is 7.95. The topological polar surface area (TPSA) is 0 Å². The maximum absolute atomic E-state index is 2.37. The highest BCUT2D eigenvalue weighted by Crippen LogP contribution is 2.55. The average Bonchev–Trinajstić information content (AvgIpc) is 2.84. The Morgan fingerprint density at radius 2 is 0.906 bits per heavy atom. The molecule has 3 rings (SSSR count). The molecule has 0 spiro atoms. The summed E-state index contributed by atoms with van der Waals surface area (Å²) in [4.78, 5) is 0. The van der Waals surface area contributed by atoms with E-state index in [1.807, 2.05) is 0 Å². The van der Waals surface area contributed by atoms with Crippen LogP contribution in [0, 0.1) is 0 Å². The van der Waals surface area contributed by atoms with Gasteiger partial charge in [-0.1, -0.05) is 98.0 Å². The van der Waals surface area contributed by atoms with Gasteiger partial charge in [0.25, 0.3) is 0 Å². The molecule has 0 bridgehead atoms. The minimum absolute atomic E-state index is 0. The first kappa shape index (κ1) is 26.3. The van der Waals surface area contributed by atoms with Crippen LogP contribution in [0.5, 0.6) is 0 Å². The highest BCUT2D eigenvalue weighted by Gasteiger charge is 2.44. The molecule has 0 radical (unpaired) electrons. The van der Waals surface area contributed by atoms with Crippen molar-refractivity contribution in [1.82, 2.24) is 0 Å². The quantitative estimate of drug-likeness (QED) is 0.190. The van der Waals surface area contributed by atoms with Crippen LogP contribution >= 0.6 is 7.26 Å². The van der Waals surface area contributed by atoms with Crippen LogP contribution in [0.4, 0.5) is 0 Å². The number of allylic oxidation sites excluding steroid dienone is 6. The van der Waals surface area contributed by atoms with Crippen LogP contribution in [0.2, 0.25) is 0 Å². The van der Waals surface area contributed by atoms with Crippen LogP contribution in [0.25, 0.3) is 0 Å². The van der Waals surface area contributed by atoms with Gasteiger partial charge in [-0.3, -0.25) is 0 Å². The van der Waals surface area contributed by atoms with E-state index < -0.39 is 7.26 Å². The Bertz CT molecular complexity index is 863. The molecule has 0 fully saturated rings. The first-order chi connectivity index (χ1) is 15.4. The Kier molecular flexibility index (Phi) is 12.3. The normalized spacial score (nSPS) is 11.9. The Morgan fingerprint density at radius 3 is 1.31 bits per heavy atom. The van der Waals surface area contributed by atoms with Crippen molar-refractivity contribution in [3.63, 3.8) is 0 Å². The lowest BCUT2D eigenvalue weighted by Gasteiger charge is -2.27. The third-order valence-corrected chi connectivity index (χ3v) is 9.97. The van der Waals surface area contributed by atoms with Gasteiger partial charge in [-0.15, -0.1) is 0 Å². The maximum Gasteiger partial charge on any atom is 0.112 e. The average molecular weight is 552 g/mol. The molecule has 0 N–H and O–H groups in total. The van der Waals surface area contributed by atoms with Crippen molar-refractivity contribution in [2.24, 2.45) is 0 Å². The van der Waals surface area contributed by atoms with E-state index in [9.17, 15) is 0 Å². The van der Waals surface area contributed by atoms with Gasteiger partial charge in [0.2, 0.25) is 0 Å². The summed E-state index contributed by atoms with van der Waals surface area (Å²) in [5.74, 6) is 0. The predicted molar refractivity (Wildman–Crippen MR) is 142 cm³/mol. The third-order valence-electron chi connectivity index (χ3n) is 5.50. The largest absolute Gasteiger partial charge is 1.00 e. The minimum atomic E-state index is -1.71. The van der Waals surface area contributed by atoms with Gasteiger partial charge in [0.15, 0.2) is 0 Å². The van der Waals surface area contributed by atoms with Gasteiger partial charge in [-0.2, -0.15) is 0 Å². The molecule has 0 nitrogen and oxygen atoms in total. The molecule has 0 unspecified atom stereocenters. The van der Waals surface area contributed by atoms with Gasteiger partial charge in [-0.25, -0.2) is 0 Å². The molecule has 0 atom stereocenters. The number of hydrogen-bond acceptors (Lipinski definition) is 0. The summed E-state index contributed by atoms with van der Waals surface area (Å²) in [7, 11) is -1.71. The molecule has 0 aliphatic carbocycles. The van der Waals surface area contributed by atoms with Crippen molar-refractivity contribution in [2.75, 3.05) is 6.16 Å². The lowest BCUT2D eigenvalue weighted by atomic mass is 10.2. The molecule has 0 heterocycles. The van der Waals surface area contributed by atoms with Crippen molar-refractivity contribution >= 4 is 23.2 Å². The van der Waals surface area contributed by atoms with E-state index in [4.69, 9.17) is 0 Å². The van der Waals surface area contributed by atoms with Crippen LogP contribution in [0.3, 0.4) is 0 Å². The van der Waals surface area contributed by atoms with Gasteiger partial charge in [-0.05, 0) is 55.7 Å². The molecule has 3 aromatic carbocycles. The van der Waals surface area contributed by atoms with E-state index in [0.29, 0.717) is 0 Å². The van der Waals surface area contributed by atoms with Crippen molar-refractivity contribution in [3.05, 3.63) is 127 Å². The van der Waals surface area contributed by atoms with E-state index in [0.717, 1.165) is 31.8 Å². The Labute approximate surface area is 212 Å². The summed E-state index contributed by atoms with van der Waals surface area (Å²) in [6, 6.07) is 33.4. The first-order valence-corrected chi connectivity index (χ1v) is 13.3. The van der Waals surface area contributed by atoms with Crippen LogP contribution in [-0.2, 0) is 0 Å². The highest BCUT2D eigenvalue weighted by atomic mass is 127. The maximum atomic E-state index is 2.37. The number of rotatable bonds is 11. The lowest BCUT2D eigenvalue weighted by molar-refractivity contribution is -0.00000613. The summed E-state index contributed by atoms with van der Waals surface area (Å²) in [6.45, 7) is 2.17. The standard InChI is InChI=1S/C30H34P.HI/c1-2-3-4-5-6-7-8-9-10-20-27-31(28-21-14-11-15-22-28,29-23-16-12-17-24-29)30-25-18-13-19-26-30;/h3-4,6-7,9-19,21-26H,2,5,8,20,27H2,1H3;1H/q+1;/p-1/b4-3-,7-6-,10-9-;. The monoisotopic (exact) mass is 552 g/mol. The van der Waals surface area contributed by atoms with Gasteiger partial charge in [0, 0.05) is 6.42 Å². The van der Waals surface area contributed by atoms with Crippen molar-refractivity contribution < 1.29 is 24.0 Å². The van der Waals surface area contributed by atoms with Crippen molar-refractivity contribution in [1.29, 1.82) is 0 Å². The molecular weight excluding hydrogens is 518 g/mol. The number of hydrogen-bond donors (Lipinski definition) is 0. The van der Waals surface area contributed by atoms with Crippen LogP contribution < -0.4 is 39.9 Å². The predicted octanol–water partition coefficient (Wildman–Crippen LogP) is 4.23. The molecule has 0 aliphatic rings. The summed E-state index contributed by atoms with van der Waals surface area (Å²) in [5, 5.41) is 4.38. The van der Waals surface area contributed by atoms with Gasteiger partial charge < -0.3 is 24.0 Å². The summed E-state index contributed by atoms with van der Waals surface area (Å²) < 4.78 is 0. The molecule has 0 aliphatic heterocycles. The smallest absolute Gasteiger partial charge is 0.112 e. The molecule has 32 heavy (non-hydrogen) atoms. The Balaban J connectivity index is 0.00000363. The van der Waals surface area contributed by atoms with Crippen LogP contribution in [0.1, 0.15) is 32.6 Å². The number of halogens is 1. The zero-order valence-electron chi connectivity index (χ0n) is 19.0. The van der Waals surface area contributed by atoms with Crippen LogP contribution in [-0.4, -0.2) is 6.16 Å². The second kappa shape index (κ2) is 15.0. The van der Waals surface area contributed by atoms with E-state index in [1.54, 1.807) is 0 Å². The molecular formula is C30H34IP. The van der Waals surface area contributed by atoms with E-state index >= 15 is 0 Å². The van der Waals surface area contributed by atoms with Crippen LogP contribution in [0.15, 0.2) is 127 Å². The fourth-order valence-corrected chi connectivity index (χ4v) is 8.23. The van der Waals surface area contributed by atoms with E-state index in [1.165, 1.54) is 15.9 Å². The van der Waals surface area contributed by atoms with E-state index in [2.05, 4.69) is 134 Å². The first-order valence-electron chi connectivity index (χ1n) is 11.4. The summed E-state index contributed by atoms with van der Waals surface area (Å²) in [6.07, 6.45) is 19.0. The lowest BCUT2D eigenvalue weighted by Crippen LogP contribution is -3.00. The summed E-state index contributed by atoms with van der Waals surface area (Å²) >= 11 is 0. The molecule has 0 aromatic heterocycles. The van der Waals surface area contributed by atoms with Gasteiger partial charge >= 0.3 is 0 Å². The second-order valence-electron chi connectivity index (χ2n) is 7.62. The molecule has 0 saturated carbocycles. The molecule has 2 heteroatoms. The van der Waals surface area contributed by atoms with E-state index in [-0.39, 0.29) is 24.0 Å². The van der Waals surface area contributed by atoms with Gasteiger partial charge in [0.05, 0.1) is 6.16 Å². The Morgan fingerprint density at radius 1 is 0.531 bits per heavy atom. The third kappa shape index (κ3) is 7.29. The Hall–Kier alpha value is -1.96. The van der Waals surface area contributed by atoms with Gasteiger partial charge in [0.1, 0.15) is 23.2 Å². The molecule has 166 valence electrons.